The van der Waals surface area contributed by atoms with Crippen LogP contribution in [0, 0.1) is 6.92 Å². The first-order valence-electron chi connectivity index (χ1n) is 5.26. The summed E-state index contributed by atoms with van der Waals surface area (Å²) in [6.07, 6.45) is 5.43. The molecule has 0 bridgehead atoms. The Kier molecular flexibility index (Phi) is 1.91. The van der Waals surface area contributed by atoms with Crippen LogP contribution in [0.5, 0.6) is 0 Å². The minimum absolute atomic E-state index is 0.473. The van der Waals surface area contributed by atoms with Crippen LogP contribution in [0.3, 0.4) is 0 Å². The lowest BCUT2D eigenvalue weighted by Gasteiger charge is -2.04. The van der Waals surface area contributed by atoms with Crippen LogP contribution in [0.4, 0.5) is 5.82 Å². The van der Waals surface area contributed by atoms with Crippen molar-refractivity contribution in [2.75, 3.05) is 5.73 Å². The molecule has 0 aliphatic heterocycles. The number of aryl methyl sites for hydroxylation is 2. The number of imidazole rings is 1. The van der Waals surface area contributed by atoms with Crippen LogP contribution < -0.4 is 5.73 Å². The van der Waals surface area contributed by atoms with Gasteiger partial charge in [0.25, 0.3) is 0 Å². The SMILES string of the molecule is Cc1ccn2nc(-c3nccn3C)nc(N)c12. The quantitative estimate of drug-likeness (QED) is 0.674. The van der Waals surface area contributed by atoms with Gasteiger partial charge >= 0.3 is 0 Å². The van der Waals surface area contributed by atoms with Crippen molar-refractivity contribution >= 4 is 11.3 Å². The van der Waals surface area contributed by atoms with Crippen LogP contribution in [0.25, 0.3) is 17.2 Å². The number of rotatable bonds is 1. The molecule has 3 rings (SSSR count). The molecule has 0 aliphatic carbocycles. The van der Waals surface area contributed by atoms with E-state index >= 15 is 0 Å². The molecule has 0 saturated carbocycles. The maximum absolute atomic E-state index is 5.95. The third-order valence-corrected chi connectivity index (χ3v) is 2.76. The topological polar surface area (TPSA) is 74.0 Å². The number of hydrogen-bond donors (Lipinski definition) is 1. The van der Waals surface area contributed by atoms with Crippen molar-refractivity contribution in [2.45, 2.75) is 6.92 Å². The Balaban J connectivity index is 2.30. The highest BCUT2D eigenvalue weighted by Gasteiger charge is 2.12. The van der Waals surface area contributed by atoms with Crippen LogP contribution in [-0.4, -0.2) is 24.1 Å². The molecule has 0 radical (unpaired) electrons. The third kappa shape index (κ3) is 1.37. The molecule has 0 unspecified atom stereocenters. The molecule has 3 aromatic heterocycles. The second-order valence-electron chi connectivity index (χ2n) is 3.97. The largest absolute Gasteiger partial charge is 0.382 e. The Labute approximate surface area is 97.7 Å². The Morgan fingerprint density at radius 1 is 1.29 bits per heavy atom. The van der Waals surface area contributed by atoms with Crippen molar-refractivity contribution in [2.24, 2.45) is 7.05 Å². The molecule has 2 N–H and O–H groups in total. The molecule has 0 aromatic carbocycles. The van der Waals surface area contributed by atoms with E-state index in [4.69, 9.17) is 5.73 Å². The minimum Gasteiger partial charge on any atom is -0.382 e. The maximum Gasteiger partial charge on any atom is 0.218 e. The van der Waals surface area contributed by atoms with E-state index in [9.17, 15) is 0 Å². The molecule has 0 fully saturated rings. The molecule has 0 saturated heterocycles. The molecule has 0 spiro atoms. The van der Waals surface area contributed by atoms with E-state index in [0.29, 0.717) is 17.5 Å². The summed E-state index contributed by atoms with van der Waals surface area (Å²) in [7, 11) is 1.90. The number of nitrogens with zero attached hydrogens (tertiary/aromatic N) is 5. The molecule has 17 heavy (non-hydrogen) atoms. The van der Waals surface area contributed by atoms with Gasteiger partial charge in [0, 0.05) is 25.6 Å². The Bertz CT molecular complexity index is 693. The number of nitrogens with two attached hydrogens (primary N) is 1. The number of aromatic nitrogens is 5. The van der Waals surface area contributed by atoms with Gasteiger partial charge in [-0.1, -0.05) is 0 Å². The normalized spacial score (nSPS) is 11.2. The number of nitrogen functional groups attached to an aromatic ring is 1. The van der Waals surface area contributed by atoms with Gasteiger partial charge in [0.05, 0.1) is 0 Å². The Morgan fingerprint density at radius 3 is 2.82 bits per heavy atom. The molecular formula is C11H12N6. The van der Waals surface area contributed by atoms with E-state index in [1.165, 1.54) is 0 Å². The first kappa shape index (κ1) is 9.83. The summed E-state index contributed by atoms with van der Waals surface area (Å²) in [5.74, 6) is 1.70. The summed E-state index contributed by atoms with van der Waals surface area (Å²) in [6, 6.07) is 1.96. The summed E-state index contributed by atoms with van der Waals surface area (Å²) in [5.41, 5.74) is 7.86. The van der Waals surface area contributed by atoms with Gasteiger partial charge in [0.15, 0.2) is 11.6 Å². The highest BCUT2D eigenvalue weighted by atomic mass is 15.3. The van der Waals surface area contributed by atoms with Crippen LogP contribution in [0.2, 0.25) is 0 Å². The monoisotopic (exact) mass is 228 g/mol. The van der Waals surface area contributed by atoms with Gasteiger partial charge < -0.3 is 10.3 Å². The smallest absolute Gasteiger partial charge is 0.218 e. The first-order chi connectivity index (χ1) is 8.16. The Morgan fingerprint density at radius 2 is 2.12 bits per heavy atom. The van der Waals surface area contributed by atoms with E-state index in [2.05, 4.69) is 15.1 Å². The zero-order chi connectivity index (χ0) is 12.0. The standard InChI is InChI=1S/C11H12N6/c1-7-3-5-17-8(7)9(12)14-10(15-17)11-13-4-6-16(11)2/h3-6H,1-2H3,(H2,12,14,15). The molecule has 6 heteroatoms. The fourth-order valence-electron chi connectivity index (χ4n) is 1.89. The zero-order valence-corrected chi connectivity index (χ0v) is 9.62. The zero-order valence-electron chi connectivity index (χ0n) is 9.62. The highest BCUT2D eigenvalue weighted by molar-refractivity contribution is 5.71. The molecule has 86 valence electrons. The number of anilines is 1. The summed E-state index contributed by atoms with van der Waals surface area (Å²) in [6.45, 7) is 1.98. The van der Waals surface area contributed by atoms with Crippen molar-refractivity contribution in [3.05, 3.63) is 30.2 Å². The van der Waals surface area contributed by atoms with Crippen molar-refractivity contribution in [3.8, 4) is 11.6 Å². The molecular weight excluding hydrogens is 216 g/mol. The molecule has 0 aliphatic rings. The molecule has 6 nitrogen and oxygen atoms in total. The van der Waals surface area contributed by atoms with Crippen LogP contribution in [0.15, 0.2) is 24.7 Å². The van der Waals surface area contributed by atoms with Gasteiger partial charge in [-0.2, -0.15) is 0 Å². The van der Waals surface area contributed by atoms with Crippen molar-refractivity contribution in [1.82, 2.24) is 24.1 Å². The maximum atomic E-state index is 5.95. The summed E-state index contributed by atoms with van der Waals surface area (Å²) < 4.78 is 3.60. The second kappa shape index (κ2) is 3.31. The van der Waals surface area contributed by atoms with Crippen molar-refractivity contribution in [3.63, 3.8) is 0 Å². The van der Waals surface area contributed by atoms with Gasteiger partial charge in [0.2, 0.25) is 5.82 Å². The third-order valence-electron chi connectivity index (χ3n) is 2.76. The van der Waals surface area contributed by atoms with E-state index in [1.54, 1.807) is 10.7 Å². The van der Waals surface area contributed by atoms with Gasteiger partial charge in [-0.3, -0.25) is 0 Å². The predicted octanol–water partition coefficient (Wildman–Crippen LogP) is 1.02. The lowest BCUT2D eigenvalue weighted by molar-refractivity contribution is 0.862. The second-order valence-corrected chi connectivity index (χ2v) is 3.97. The van der Waals surface area contributed by atoms with E-state index in [1.807, 2.05) is 37.0 Å². The van der Waals surface area contributed by atoms with E-state index < -0.39 is 0 Å². The van der Waals surface area contributed by atoms with Crippen LogP contribution in [0.1, 0.15) is 5.56 Å². The lowest BCUT2D eigenvalue weighted by atomic mass is 10.3. The average molecular weight is 228 g/mol. The molecule has 0 atom stereocenters. The van der Waals surface area contributed by atoms with Crippen molar-refractivity contribution in [1.29, 1.82) is 0 Å². The van der Waals surface area contributed by atoms with Crippen molar-refractivity contribution < 1.29 is 0 Å². The first-order valence-corrected chi connectivity index (χ1v) is 5.26. The van der Waals surface area contributed by atoms with Gasteiger partial charge in [0.1, 0.15) is 5.52 Å². The minimum atomic E-state index is 0.473. The van der Waals surface area contributed by atoms with Gasteiger partial charge in [-0.05, 0) is 18.6 Å². The fourth-order valence-corrected chi connectivity index (χ4v) is 1.89. The van der Waals surface area contributed by atoms with E-state index in [-0.39, 0.29) is 0 Å². The number of fused-ring (bicyclic) bond motifs is 1. The lowest BCUT2D eigenvalue weighted by Crippen LogP contribution is -2.05. The van der Waals surface area contributed by atoms with Gasteiger partial charge in [-0.25, -0.2) is 14.5 Å². The van der Waals surface area contributed by atoms with E-state index in [0.717, 1.165) is 11.1 Å². The number of hydrogen-bond acceptors (Lipinski definition) is 4. The highest BCUT2D eigenvalue weighted by Crippen LogP contribution is 2.19. The molecule has 3 heterocycles. The summed E-state index contributed by atoms with van der Waals surface area (Å²) >= 11 is 0. The predicted molar refractivity (Wildman–Crippen MR) is 64.3 cm³/mol. The summed E-state index contributed by atoms with van der Waals surface area (Å²) in [5, 5.41) is 4.40. The Hall–Kier alpha value is -2.37. The molecule has 3 aromatic rings. The van der Waals surface area contributed by atoms with Gasteiger partial charge in [-0.15, -0.1) is 5.10 Å². The molecule has 0 amide bonds. The van der Waals surface area contributed by atoms with Crippen LogP contribution in [-0.2, 0) is 7.05 Å². The summed E-state index contributed by atoms with van der Waals surface area (Å²) in [4.78, 5) is 8.51. The average Bonchev–Trinajstić information content (AvgIpc) is 2.85. The van der Waals surface area contributed by atoms with Crippen LogP contribution >= 0.6 is 0 Å². The fraction of sp³-hybridized carbons (Fsp3) is 0.182.